The van der Waals surface area contributed by atoms with Crippen molar-refractivity contribution in [2.75, 3.05) is 19.6 Å². The molecule has 25 heavy (non-hydrogen) atoms. The second-order valence-electron chi connectivity index (χ2n) is 5.22. The fourth-order valence-corrected chi connectivity index (χ4v) is 3.52. The van der Waals surface area contributed by atoms with Gasteiger partial charge >= 0.3 is 0 Å². The van der Waals surface area contributed by atoms with Gasteiger partial charge in [0, 0.05) is 29.4 Å². The molecule has 5 nitrogen and oxygen atoms in total. The third kappa shape index (κ3) is 8.19. The summed E-state index contributed by atoms with van der Waals surface area (Å²) in [6.07, 6.45) is 0.847. The summed E-state index contributed by atoms with van der Waals surface area (Å²) in [6, 6.07) is 7.95. The van der Waals surface area contributed by atoms with Crippen LogP contribution in [0, 0.1) is 6.92 Å². The molecule has 0 saturated heterocycles. The van der Waals surface area contributed by atoms with Gasteiger partial charge in [-0.05, 0) is 43.8 Å². The summed E-state index contributed by atoms with van der Waals surface area (Å²) in [4.78, 5) is 19.7. The van der Waals surface area contributed by atoms with Crippen molar-refractivity contribution in [1.29, 1.82) is 0 Å². The largest absolute Gasteiger partial charge is 0.357 e. The van der Waals surface area contributed by atoms with E-state index in [1.807, 2.05) is 24.4 Å². The molecule has 0 unspecified atom stereocenters. The van der Waals surface area contributed by atoms with Crippen LogP contribution >= 0.6 is 46.7 Å². The maximum Gasteiger partial charge on any atom is 0.261 e. The molecule has 0 aliphatic rings. The number of hydrogen-bond donors (Lipinski definition) is 3. The van der Waals surface area contributed by atoms with Crippen molar-refractivity contribution in [1.82, 2.24) is 16.0 Å². The smallest absolute Gasteiger partial charge is 0.261 e. The quantitative estimate of drug-likeness (QED) is 0.228. The van der Waals surface area contributed by atoms with Crippen LogP contribution in [0.15, 0.2) is 34.6 Å². The monoisotopic (exact) mass is 492 g/mol. The number of carbonyl (C=O) groups is 1. The number of halogens is 1. The molecule has 1 amide bonds. The van der Waals surface area contributed by atoms with E-state index in [0.29, 0.717) is 13.1 Å². The highest BCUT2D eigenvalue weighted by molar-refractivity contribution is 14.0. The van der Waals surface area contributed by atoms with E-state index in [4.69, 9.17) is 0 Å². The van der Waals surface area contributed by atoms with Crippen LogP contribution in [0.2, 0.25) is 0 Å². The third-order valence-electron chi connectivity index (χ3n) is 3.21. The first-order valence-corrected chi connectivity index (χ1v) is 9.78. The summed E-state index contributed by atoms with van der Waals surface area (Å²) >= 11 is 3.23. The Labute approximate surface area is 174 Å². The van der Waals surface area contributed by atoms with Crippen LogP contribution in [0.1, 0.15) is 32.8 Å². The van der Waals surface area contributed by atoms with E-state index in [-0.39, 0.29) is 29.9 Å². The molecule has 2 rings (SSSR count). The average molecular weight is 492 g/mol. The van der Waals surface area contributed by atoms with Gasteiger partial charge in [0.25, 0.3) is 5.91 Å². The van der Waals surface area contributed by atoms with Crippen molar-refractivity contribution < 1.29 is 4.79 Å². The van der Waals surface area contributed by atoms with E-state index in [0.717, 1.165) is 30.3 Å². The predicted octanol–water partition coefficient (Wildman–Crippen LogP) is 3.61. The van der Waals surface area contributed by atoms with Gasteiger partial charge in [-0.15, -0.1) is 46.7 Å². The maximum atomic E-state index is 11.8. The van der Waals surface area contributed by atoms with Gasteiger partial charge in [-0.2, -0.15) is 0 Å². The molecule has 2 aromatic rings. The fraction of sp³-hybridized carbons (Fsp3) is 0.412. The predicted molar refractivity (Wildman–Crippen MR) is 119 cm³/mol. The number of amides is 1. The highest BCUT2D eigenvalue weighted by Crippen LogP contribution is 2.15. The molecule has 0 aliphatic carbocycles. The number of thiophene rings is 2. The zero-order chi connectivity index (χ0) is 17.2. The minimum absolute atomic E-state index is 0. The molecule has 0 spiro atoms. The Bertz CT molecular complexity index is 655. The molecule has 0 fully saturated rings. The average Bonchev–Trinajstić information content (AvgIpc) is 3.23. The lowest BCUT2D eigenvalue weighted by atomic mass is 10.4. The lowest BCUT2D eigenvalue weighted by Crippen LogP contribution is -2.38. The summed E-state index contributed by atoms with van der Waals surface area (Å²) in [5.74, 6) is 0.812. The minimum atomic E-state index is -0.00126. The summed E-state index contributed by atoms with van der Waals surface area (Å²) in [5.41, 5.74) is 0. The van der Waals surface area contributed by atoms with Crippen LogP contribution in [0.4, 0.5) is 0 Å². The van der Waals surface area contributed by atoms with Gasteiger partial charge in [0.2, 0.25) is 0 Å². The summed E-state index contributed by atoms with van der Waals surface area (Å²) in [7, 11) is 0. The van der Waals surface area contributed by atoms with Crippen molar-refractivity contribution >= 4 is 58.5 Å². The van der Waals surface area contributed by atoms with Crippen LogP contribution in [-0.2, 0) is 6.54 Å². The molecule has 0 aromatic carbocycles. The van der Waals surface area contributed by atoms with Crippen molar-refractivity contribution in [3.63, 3.8) is 0 Å². The molecule has 8 heteroatoms. The normalized spacial score (nSPS) is 10.9. The molecule has 0 radical (unpaired) electrons. The zero-order valence-corrected chi connectivity index (χ0v) is 18.5. The Kier molecular flexibility index (Phi) is 10.7. The molecule has 0 atom stereocenters. The standard InChI is InChI=1S/C17H24N4OS2.HI/c1-3-18-17(21-12-14-8-7-13(2)24-14)20-10-5-9-19-16(22)15-6-4-11-23-15;/h4,6-8,11H,3,5,9-10,12H2,1-2H3,(H,19,22)(H2,18,20,21);1H. The number of aliphatic imine (C=N–C) groups is 1. The molecule has 2 aromatic heterocycles. The lowest BCUT2D eigenvalue weighted by Gasteiger charge is -2.11. The molecular weight excluding hydrogens is 467 g/mol. The molecular formula is C17H25IN4OS2. The summed E-state index contributed by atoms with van der Waals surface area (Å²) in [5, 5.41) is 11.4. The van der Waals surface area contributed by atoms with E-state index >= 15 is 0 Å². The number of guanidine groups is 1. The van der Waals surface area contributed by atoms with E-state index in [9.17, 15) is 4.79 Å². The first-order chi connectivity index (χ1) is 11.7. The van der Waals surface area contributed by atoms with Gasteiger partial charge in [0.15, 0.2) is 5.96 Å². The van der Waals surface area contributed by atoms with E-state index in [1.54, 1.807) is 11.3 Å². The molecule has 0 bridgehead atoms. The number of hydrogen-bond acceptors (Lipinski definition) is 4. The Hall–Kier alpha value is -1.13. The topological polar surface area (TPSA) is 65.5 Å². The fourth-order valence-electron chi connectivity index (χ4n) is 2.06. The van der Waals surface area contributed by atoms with Gasteiger partial charge in [0.1, 0.15) is 0 Å². The molecule has 138 valence electrons. The number of aryl methyl sites for hydroxylation is 1. The zero-order valence-electron chi connectivity index (χ0n) is 14.5. The number of nitrogens with zero attached hydrogens (tertiary/aromatic N) is 1. The molecule has 0 aliphatic heterocycles. The maximum absolute atomic E-state index is 11.8. The summed E-state index contributed by atoms with van der Waals surface area (Å²) < 4.78 is 0. The van der Waals surface area contributed by atoms with Gasteiger partial charge in [-0.25, -0.2) is 4.99 Å². The second-order valence-corrected chi connectivity index (χ2v) is 7.54. The van der Waals surface area contributed by atoms with Crippen molar-refractivity contribution in [2.45, 2.75) is 26.8 Å². The van der Waals surface area contributed by atoms with Crippen LogP contribution in [0.5, 0.6) is 0 Å². The van der Waals surface area contributed by atoms with Gasteiger partial charge in [0.05, 0.1) is 11.4 Å². The van der Waals surface area contributed by atoms with Crippen LogP contribution in [-0.4, -0.2) is 31.5 Å². The summed E-state index contributed by atoms with van der Waals surface area (Å²) in [6.45, 7) is 7.07. The third-order valence-corrected chi connectivity index (χ3v) is 5.06. The number of nitrogens with one attached hydrogen (secondary N) is 3. The molecule has 2 heterocycles. The highest BCUT2D eigenvalue weighted by Gasteiger charge is 2.05. The van der Waals surface area contributed by atoms with Crippen LogP contribution < -0.4 is 16.0 Å². The van der Waals surface area contributed by atoms with E-state index in [2.05, 4.69) is 40.0 Å². The van der Waals surface area contributed by atoms with Gasteiger partial charge < -0.3 is 16.0 Å². The first kappa shape index (κ1) is 21.9. The van der Waals surface area contributed by atoms with Gasteiger partial charge in [-0.3, -0.25) is 4.79 Å². The Morgan fingerprint density at radius 2 is 1.96 bits per heavy atom. The van der Waals surface area contributed by atoms with E-state index in [1.165, 1.54) is 21.1 Å². The number of rotatable bonds is 8. The van der Waals surface area contributed by atoms with Crippen molar-refractivity contribution in [3.05, 3.63) is 44.3 Å². The Balaban J connectivity index is 0.00000312. The second kappa shape index (κ2) is 12.3. The van der Waals surface area contributed by atoms with Crippen molar-refractivity contribution in [2.24, 2.45) is 4.99 Å². The van der Waals surface area contributed by atoms with Crippen molar-refractivity contribution in [3.8, 4) is 0 Å². The van der Waals surface area contributed by atoms with Crippen LogP contribution in [0.25, 0.3) is 0 Å². The SMILES string of the molecule is CCNC(=NCc1ccc(C)s1)NCCCNC(=O)c1cccs1.I. The van der Waals surface area contributed by atoms with Crippen LogP contribution in [0.3, 0.4) is 0 Å². The number of carbonyl (C=O) groups excluding carboxylic acids is 1. The Morgan fingerprint density at radius 1 is 1.16 bits per heavy atom. The first-order valence-electron chi connectivity index (χ1n) is 8.08. The highest BCUT2D eigenvalue weighted by atomic mass is 127. The van der Waals surface area contributed by atoms with Gasteiger partial charge in [-0.1, -0.05) is 6.07 Å². The molecule has 3 N–H and O–H groups in total. The van der Waals surface area contributed by atoms with E-state index < -0.39 is 0 Å². The lowest BCUT2D eigenvalue weighted by molar-refractivity contribution is 0.0957. The molecule has 0 saturated carbocycles. The minimum Gasteiger partial charge on any atom is -0.357 e. The Morgan fingerprint density at radius 3 is 2.60 bits per heavy atom.